The lowest BCUT2D eigenvalue weighted by molar-refractivity contribution is 0.0700. The van der Waals surface area contributed by atoms with Crippen LogP contribution in [0.25, 0.3) is 0 Å². The van der Waals surface area contributed by atoms with Crippen LogP contribution < -0.4 is 5.32 Å². The number of hydrogen-bond acceptors (Lipinski definition) is 4. The van der Waals surface area contributed by atoms with Gasteiger partial charge in [0.25, 0.3) is 0 Å². The number of methoxy groups -OCH3 is 1. The quantitative estimate of drug-likeness (QED) is 0.849. The summed E-state index contributed by atoms with van der Waals surface area (Å²) >= 11 is 0. The predicted octanol–water partition coefficient (Wildman–Crippen LogP) is 1.68. The highest BCUT2D eigenvalue weighted by atomic mass is 16.5. The molecule has 2 rings (SSSR count). The fourth-order valence-electron chi connectivity index (χ4n) is 2.19. The van der Waals surface area contributed by atoms with Gasteiger partial charge in [-0.15, -0.1) is 0 Å². The van der Waals surface area contributed by atoms with E-state index in [-0.39, 0.29) is 6.04 Å². The summed E-state index contributed by atoms with van der Waals surface area (Å²) in [5, 5.41) is 3.37. The molecule has 0 aliphatic carbocycles. The molecule has 0 radical (unpaired) electrons. The molecule has 1 aliphatic heterocycles. The number of hydrogen-bond donors (Lipinski definition) is 1. The molecule has 1 unspecified atom stereocenters. The highest BCUT2D eigenvalue weighted by molar-refractivity contribution is 5.28. The predicted molar refractivity (Wildman–Crippen MR) is 66.3 cm³/mol. The van der Waals surface area contributed by atoms with Gasteiger partial charge in [-0.05, 0) is 19.8 Å². The van der Waals surface area contributed by atoms with Gasteiger partial charge in [0.15, 0.2) is 0 Å². The lowest BCUT2D eigenvalue weighted by Gasteiger charge is -2.25. The largest absolute Gasteiger partial charge is 0.383 e. The van der Waals surface area contributed by atoms with Crippen LogP contribution in [-0.2, 0) is 9.47 Å². The smallest absolute Gasteiger partial charge is 0.203 e. The molecule has 5 heteroatoms. The van der Waals surface area contributed by atoms with Gasteiger partial charge in [-0.3, -0.25) is 0 Å². The number of anilines is 1. The molecule has 1 aromatic rings. The zero-order chi connectivity index (χ0) is 12.1. The van der Waals surface area contributed by atoms with Crippen molar-refractivity contribution in [3.63, 3.8) is 0 Å². The van der Waals surface area contributed by atoms with Crippen molar-refractivity contribution in [2.24, 2.45) is 0 Å². The van der Waals surface area contributed by atoms with Gasteiger partial charge in [0.1, 0.15) is 0 Å². The van der Waals surface area contributed by atoms with Crippen molar-refractivity contribution in [3.8, 4) is 0 Å². The van der Waals surface area contributed by atoms with Crippen LogP contribution in [-0.4, -0.2) is 42.5 Å². The van der Waals surface area contributed by atoms with Crippen LogP contribution in [0.2, 0.25) is 0 Å². The highest BCUT2D eigenvalue weighted by Gasteiger charge is 2.18. The third-order valence-corrected chi connectivity index (χ3v) is 3.05. The van der Waals surface area contributed by atoms with Gasteiger partial charge in [0.2, 0.25) is 5.95 Å². The summed E-state index contributed by atoms with van der Waals surface area (Å²) in [6.45, 7) is 4.46. The topological polar surface area (TPSA) is 48.3 Å². The fraction of sp³-hybridized carbons (Fsp3) is 0.750. The Hall–Kier alpha value is -1.07. The van der Waals surface area contributed by atoms with Gasteiger partial charge in [-0.25, -0.2) is 4.98 Å². The molecule has 17 heavy (non-hydrogen) atoms. The monoisotopic (exact) mass is 239 g/mol. The first-order valence-electron chi connectivity index (χ1n) is 6.17. The van der Waals surface area contributed by atoms with E-state index in [1.807, 2.05) is 12.4 Å². The average molecular weight is 239 g/mol. The van der Waals surface area contributed by atoms with Gasteiger partial charge in [-0.1, -0.05) is 0 Å². The lowest BCUT2D eigenvalue weighted by Crippen LogP contribution is -2.26. The van der Waals surface area contributed by atoms with E-state index in [0.29, 0.717) is 12.6 Å². The zero-order valence-corrected chi connectivity index (χ0v) is 10.6. The molecule has 0 amide bonds. The van der Waals surface area contributed by atoms with E-state index in [4.69, 9.17) is 9.47 Å². The van der Waals surface area contributed by atoms with Crippen LogP contribution in [0, 0.1) is 0 Å². The second-order valence-corrected chi connectivity index (χ2v) is 4.50. The second-order valence-electron chi connectivity index (χ2n) is 4.50. The van der Waals surface area contributed by atoms with Crippen LogP contribution in [0.3, 0.4) is 0 Å². The zero-order valence-electron chi connectivity index (χ0n) is 10.6. The first-order chi connectivity index (χ1) is 8.31. The van der Waals surface area contributed by atoms with E-state index in [0.717, 1.165) is 32.0 Å². The number of aromatic nitrogens is 2. The lowest BCUT2D eigenvalue weighted by atomic mass is 10.1. The number of nitrogens with zero attached hydrogens (tertiary/aromatic N) is 2. The van der Waals surface area contributed by atoms with Gasteiger partial charge in [-0.2, -0.15) is 0 Å². The van der Waals surface area contributed by atoms with Crippen LogP contribution in [0.5, 0.6) is 0 Å². The molecule has 0 bridgehead atoms. The van der Waals surface area contributed by atoms with E-state index in [9.17, 15) is 0 Å². The molecule has 1 atom stereocenters. The van der Waals surface area contributed by atoms with Crippen molar-refractivity contribution in [3.05, 3.63) is 12.4 Å². The molecule has 1 aromatic heterocycles. The number of nitrogens with one attached hydrogen (secondary N) is 1. The van der Waals surface area contributed by atoms with Crippen molar-refractivity contribution in [1.29, 1.82) is 0 Å². The molecule has 1 aliphatic rings. The Kier molecular flexibility index (Phi) is 4.39. The van der Waals surface area contributed by atoms with Crippen LogP contribution in [0.1, 0.15) is 25.8 Å². The summed E-state index contributed by atoms with van der Waals surface area (Å²) in [7, 11) is 1.71. The van der Waals surface area contributed by atoms with E-state index in [2.05, 4.69) is 21.8 Å². The van der Waals surface area contributed by atoms with Crippen molar-refractivity contribution in [2.45, 2.75) is 31.8 Å². The van der Waals surface area contributed by atoms with E-state index < -0.39 is 0 Å². The van der Waals surface area contributed by atoms with E-state index >= 15 is 0 Å². The molecular weight excluding hydrogens is 218 g/mol. The summed E-state index contributed by atoms with van der Waals surface area (Å²) in [6.07, 6.45) is 6.00. The highest BCUT2D eigenvalue weighted by Crippen LogP contribution is 2.24. The van der Waals surface area contributed by atoms with Crippen LogP contribution >= 0.6 is 0 Å². The van der Waals surface area contributed by atoms with Gasteiger partial charge < -0.3 is 19.4 Å². The average Bonchev–Trinajstić information content (AvgIpc) is 2.78. The minimum Gasteiger partial charge on any atom is -0.383 e. The SMILES string of the molecule is COCC(C)Nc1nccn1C1CCOCC1. The number of imidazole rings is 1. The second kappa shape index (κ2) is 6.02. The Morgan fingerprint density at radius 1 is 1.59 bits per heavy atom. The Morgan fingerprint density at radius 2 is 2.35 bits per heavy atom. The van der Waals surface area contributed by atoms with Gasteiger partial charge >= 0.3 is 0 Å². The maximum atomic E-state index is 5.38. The Bertz CT molecular complexity index is 334. The summed E-state index contributed by atoms with van der Waals surface area (Å²) in [4.78, 5) is 4.37. The molecule has 1 saturated heterocycles. The van der Waals surface area contributed by atoms with Crippen molar-refractivity contribution < 1.29 is 9.47 Å². The third kappa shape index (κ3) is 3.20. The molecule has 1 N–H and O–H groups in total. The third-order valence-electron chi connectivity index (χ3n) is 3.05. The standard InChI is InChI=1S/C12H21N3O2/c1-10(9-16-2)14-12-13-5-6-15(12)11-3-7-17-8-4-11/h5-6,10-11H,3-4,7-9H2,1-2H3,(H,13,14). The summed E-state index contributed by atoms with van der Waals surface area (Å²) in [6, 6.07) is 0.768. The summed E-state index contributed by atoms with van der Waals surface area (Å²) in [5.74, 6) is 0.932. The number of rotatable bonds is 5. The van der Waals surface area contributed by atoms with Crippen molar-refractivity contribution in [1.82, 2.24) is 9.55 Å². The van der Waals surface area contributed by atoms with Crippen molar-refractivity contribution >= 4 is 5.95 Å². The van der Waals surface area contributed by atoms with Crippen LogP contribution in [0.4, 0.5) is 5.95 Å². The first-order valence-corrected chi connectivity index (χ1v) is 6.17. The Balaban J connectivity index is 2.00. The van der Waals surface area contributed by atoms with E-state index in [1.54, 1.807) is 7.11 Å². The fourth-order valence-corrected chi connectivity index (χ4v) is 2.19. The molecular formula is C12H21N3O2. The van der Waals surface area contributed by atoms with Crippen molar-refractivity contribution in [2.75, 3.05) is 32.2 Å². The van der Waals surface area contributed by atoms with E-state index in [1.165, 1.54) is 0 Å². The summed E-state index contributed by atoms with van der Waals surface area (Å²) in [5.41, 5.74) is 0. The van der Waals surface area contributed by atoms with Gasteiger partial charge in [0.05, 0.1) is 6.61 Å². The van der Waals surface area contributed by atoms with Crippen LogP contribution in [0.15, 0.2) is 12.4 Å². The molecule has 0 aromatic carbocycles. The Morgan fingerprint density at radius 3 is 3.06 bits per heavy atom. The molecule has 0 saturated carbocycles. The van der Waals surface area contributed by atoms with Gasteiger partial charge in [0, 0.05) is 44.8 Å². The molecule has 1 fully saturated rings. The maximum Gasteiger partial charge on any atom is 0.203 e. The number of ether oxygens (including phenoxy) is 2. The minimum absolute atomic E-state index is 0.265. The first kappa shape index (κ1) is 12.4. The Labute approximate surface area is 102 Å². The minimum atomic E-state index is 0.265. The molecule has 2 heterocycles. The molecule has 96 valence electrons. The normalized spacial score (nSPS) is 19.2. The maximum absolute atomic E-state index is 5.38. The molecule has 0 spiro atoms. The summed E-state index contributed by atoms with van der Waals surface area (Å²) < 4.78 is 12.7. The molecule has 5 nitrogen and oxygen atoms in total.